The smallest absolute Gasteiger partial charge is 0.437 e. The molecule has 0 fully saturated rings. The summed E-state index contributed by atoms with van der Waals surface area (Å²) in [6, 6.07) is 20.9. The number of nitrogens with one attached hydrogen (secondary N) is 1. The zero-order valence-electron chi connectivity index (χ0n) is 16.9. The lowest BCUT2D eigenvalue weighted by molar-refractivity contribution is 0.162. The zero-order valence-corrected chi connectivity index (χ0v) is 17.7. The molecule has 0 aliphatic carbocycles. The lowest BCUT2D eigenvalue weighted by Gasteiger charge is -2.15. The van der Waals surface area contributed by atoms with Gasteiger partial charge in [-0.2, -0.15) is 0 Å². The van der Waals surface area contributed by atoms with Crippen molar-refractivity contribution in [3.8, 4) is 11.5 Å². The van der Waals surface area contributed by atoms with Gasteiger partial charge in [-0.25, -0.2) is 4.79 Å². The number of aliphatic hydroxyl groups excluding tert-OH is 1. The SMILES string of the molecule is COc1cc(OC)c(NC(=O)O/N=C(\c2ccccc2)[C@@H](O)c2ccccc2)cc1Cl. The highest BCUT2D eigenvalue weighted by atomic mass is 35.5. The Morgan fingerprint density at radius 1 is 0.968 bits per heavy atom. The number of hydrogen-bond donors (Lipinski definition) is 2. The normalized spacial score (nSPS) is 12.1. The van der Waals surface area contributed by atoms with E-state index in [1.165, 1.54) is 26.4 Å². The predicted molar refractivity (Wildman–Crippen MR) is 119 cm³/mol. The van der Waals surface area contributed by atoms with Gasteiger partial charge in [0.1, 0.15) is 23.3 Å². The van der Waals surface area contributed by atoms with Gasteiger partial charge in [-0.05, 0) is 11.6 Å². The number of carbonyl (C=O) groups excluding carboxylic acids is 1. The largest absolute Gasteiger partial charge is 0.495 e. The van der Waals surface area contributed by atoms with Crippen molar-refractivity contribution in [1.29, 1.82) is 0 Å². The van der Waals surface area contributed by atoms with Gasteiger partial charge in [0.25, 0.3) is 0 Å². The van der Waals surface area contributed by atoms with Gasteiger partial charge in [-0.3, -0.25) is 10.2 Å². The van der Waals surface area contributed by atoms with Gasteiger partial charge in [0.2, 0.25) is 0 Å². The summed E-state index contributed by atoms with van der Waals surface area (Å²) in [6.07, 6.45) is -1.98. The molecule has 3 rings (SSSR count). The van der Waals surface area contributed by atoms with Crippen LogP contribution >= 0.6 is 11.6 Å². The van der Waals surface area contributed by atoms with Crippen molar-refractivity contribution < 1.29 is 24.2 Å². The first-order chi connectivity index (χ1) is 15.0. The van der Waals surface area contributed by atoms with Crippen LogP contribution in [0.4, 0.5) is 10.5 Å². The molecule has 31 heavy (non-hydrogen) atoms. The Labute approximate surface area is 184 Å². The number of oxime groups is 1. The Morgan fingerprint density at radius 2 is 1.58 bits per heavy atom. The lowest BCUT2D eigenvalue weighted by atomic mass is 9.99. The highest BCUT2D eigenvalue weighted by molar-refractivity contribution is 6.32. The summed E-state index contributed by atoms with van der Waals surface area (Å²) in [7, 11) is 2.92. The van der Waals surface area contributed by atoms with Crippen LogP contribution in [-0.4, -0.2) is 31.1 Å². The molecule has 7 nitrogen and oxygen atoms in total. The first kappa shape index (κ1) is 22.1. The van der Waals surface area contributed by atoms with Crippen molar-refractivity contribution in [2.75, 3.05) is 19.5 Å². The monoisotopic (exact) mass is 440 g/mol. The molecule has 0 saturated carbocycles. The van der Waals surface area contributed by atoms with Gasteiger partial charge in [0, 0.05) is 11.6 Å². The van der Waals surface area contributed by atoms with E-state index in [-0.39, 0.29) is 16.4 Å². The van der Waals surface area contributed by atoms with E-state index < -0.39 is 12.2 Å². The number of aliphatic hydroxyl groups is 1. The van der Waals surface area contributed by atoms with Crippen molar-refractivity contribution >= 4 is 29.1 Å². The maximum atomic E-state index is 12.4. The Bertz CT molecular complexity index is 1060. The Kier molecular flexibility index (Phi) is 7.48. The van der Waals surface area contributed by atoms with Crippen LogP contribution in [0.2, 0.25) is 5.02 Å². The summed E-state index contributed by atoms with van der Waals surface area (Å²) in [5.74, 6) is 0.725. The van der Waals surface area contributed by atoms with Gasteiger partial charge in [-0.15, -0.1) is 0 Å². The van der Waals surface area contributed by atoms with E-state index in [0.717, 1.165) is 0 Å². The number of rotatable bonds is 7. The molecule has 0 aliphatic rings. The maximum absolute atomic E-state index is 12.4. The number of hydrogen-bond acceptors (Lipinski definition) is 6. The van der Waals surface area contributed by atoms with E-state index >= 15 is 0 Å². The summed E-state index contributed by atoms with van der Waals surface area (Å²) in [4.78, 5) is 17.4. The van der Waals surface area contributed by atoms with Crippen LogP contribution < -0.4 is 14.8 Å². The molecule has 1 atom stereocenters. The number of anilines is 1. The summed E-state index contributed by atoms with van der Waals surface area (Å²) < 4.78 is 10.4. The van der Waals surface area contributed by atoms with Gasteiger partial charge < -0.3 is 14.6 Å². The first-order valence-electron chi connectivity index (χ1n) is 9.29. The molecule has 2 N–H and O–H groups in total. The van der Waals surface area contributed by atoms with Crippen molar-refractivity contribution in [1.82, 2.24) is 0 Å². The molecule has 0 bridgehead atoms. The number of halogens is 1. The molecule has 1 amide bonds. The third-order valence-corrected chi connectivity index (χ3v) is 4.68. The maximum Gasteiger partial charge on any atom is 0.437 e. The van der Waals surface area contributed by atoms with Crippen molar-refractivity contribution in [2.24, 2.45) is 5.16 Å². The predicted octanol–water partition coefficient (Wildman–Crippen LogP) is 5.04. The fourth-order valence-electron chi connectivity index (χ4n) is 2.84. The van der Waals surface area contributed by atoms with Crippen LogP contribution in [0.5, 0.6) is 11.5 Å². The minimum Gasteiger partial charge on any atom is -0.495 e. The molecule has 8 heteroatoms. The fraction of sp³-hybridized carbons (Fsp3) is 0.130. The molecule has 0 radical (unpaired) electrons. The average molecular weight is 441 g/mol. The van der Waals surface area contributed by atoms with Gasteiger partial charge in [-0.1, -0.05) is 77.4 Å². The van der Waals surface area contributed by atoms with E-state index in [0.29, 0.717) is 22.6 Å². The van der Waals surface area contributed by atoms with Crippen LogP contribution in [0.15, 0.2) is 78.0 Å². The number of nitrogens with zero attached hydrogens (tertiary/aromatic N) is 1. The second kappa shape index (κ2) is 10.5. The Morgan fingerprint density at radius 3 is 2.19 bits per heavy atom. The van der Waals surface area contributed by atoms with E-state index in [1.54, 1.807) is 48.5 Å². The van der Waals surface area contributed by atoms with E-state index in [9.17, 15) is 9.90 Å². The minimum absolute atomic E-state index is 0.182. The molecule has 0 saturated heterocycles. The van der Waals surface area contributed by atoms with Gasteiger partial charge >= 0.3 is 6.09 Å². The van der Waals surface area contributed by atoms with Crippen LogP contribution in [0, 0.1) is 0 Å². The molecule has 0 aromatic heterocycles. The quantitative estimate of drug-likeness (QED) is 0.305. The second-order valence-electron chi connectivity index (χ2n) is 6.35. The van der Waals surface area contributed by atoms with Crippen LogP contribution in [0.25, 0.3) is 0 Å². The minimum atomic E-state index is -1.10. The standard InChI is InChI=1S/C23H21ClN2O5/c1-29-19-14-20(30-2)18(13-17(19)24)25-23(28)31-26-21(15-9-5-3-6-10-15)22(27)16-11-7-4-8-12-16/h3-14,22,27H,1-2H3,(H,25,28)/b26-21+/t22-/m0/s1. The molecule has 0 aliphatic heterocycles. The van der Waals surface area contributed by atoms with Crippen molar-refractivity contribution in [3.05, 3.63) is 88.9 Å². The molecular formula is C23H21ClN2O5. The zero-order chi connectivity index (χ0) is 22.2. The third-order valence-electron chi connectivity index (χ3n) is 4.38. The molecule has 0 heterocycles. The lowest BCUT2D eigenvalue weighted by Crippen LogP contribution is -2.17. The topological polar surface area (TPSA) is 89.4 Å². The molecule has 3 aromatic carbocycles. The highest BCUT2D eigenvalue weighted by Crippen LogP contribution is 2.36. The number of carbonyl (C=O) groups is 1. The van der Waals surface area contributed by atoms with Crippen LogP contribution in [0.3, 0.4) is 0 Å². The van der Waals surface area contributed by atoms with Gasteiger partial charge in [0.05, 0.1) is 24.9 Å². The van der Waals surface area contributed by atoms with E-state index in [4.69, 9.17) is 25.9 Å². The number of benzene rings is 3. The van der Waals surface area contributed by atoms with Crippen molar-refractivity contribution in [2.45, 2.75) is 6.10 Å². The number of amides is 1. The number of ether oxygens (including phenoxy) is 2. The van der Waals surface area contributed by atoms with Gasteiger partial charge in [0.15, 0.2) is 0 Å². The molecule has 0 spiro atoms. The third kappa shape index (κ3) is 5.53. The molecule has 3 aromatic rings. The van der Waals surface area contributed by atoms with Crippen molar-refractivity contribution in [3.63, 3.8) is 0 Å². The molecule has 0 unspecified atom stereocenters. The highest BCUT2D eigenvalue weighted by Gasteiger charge is 2.19. The van der Waals surface area contributed by atoms with Crippen LogP contribution in [0.1, 0.15) is 17.2 Å². The molecular weight excluding hydrogens is 420 g/mol. The summed E-state index contributed by atoms with van der Waals surface area (Å²) in [5, 5.41) is 17.6. The summed E-state index contributed by atoms with van der Waals surface area (Å²) >= 11 is 6.13. The average Bonchev–Trinajstić information content (AvgIpc) is 2.80. The molecule has 160 valence electrons. The first-order valence-corrected chi connectivity index (χ1v) is 9.67. The Balaban J connectivity index is 1.84. The summed E-state index contributed by atoms with van der Waals surface area (Å²) in [5.41, 5.74) is 1.68. The van der Waals surface area contributed by atoms with E-state index in [2.05, 4.69) is 10.5 Å². The Hall–Kier alpha value is -3.55. The van der Waals surface area contributed by atoms with E-state index in [1.807, 2.05) is 12.1 Å². The van der Waals surface area contributed by atoms with Crippen LogP contribution in [-0.2, 0) is 4.84 Å². The number of methoxy groups -OCH3 is 2. The summed E-state index contributed by atoms with van der Waals surface area (Å²) in [6.45, 7) is 0. The second-order valence-corrected chi connectivity index (χ2v) is 6.75. The fourth-order valence-corrected chi connectivity index (χ4v) is 3.08.